The quantitative estimate of drug-likeness (QED) is 0.0433. The maximum absolute atomic E-state index is 12.3. The summed E-state index contributed by atoms with van der Waals surface area (Å²) in [7, 11) is 1.75. The first-order valence-corrected chi connectivity index (χ1v) is 22.5. The lowest BCUT2D eigenvalue weighted by atomic mass is 10.0. The predicted molar refractivity (Wildman–Crippen MR) is 230 cm³/mol. The zero-order chi connectivity index (χ0) is 45.2. The molecule has 0 aromatic rings. The highest BCUT2D eigenvalue weighted by molar-refractivity contribution is 5.84. The zero-order valence-electron chi connectivity index (χ0n) is 37.2. The second kappa shape index (κ2) is 41.6. The summed E-state index contributed by atoms with van der Waals surface area (Å²) in [5, 5.41) is 31.8. The molecule has 0 bridgehead atoms. The Bertz CT molecular complexity index is 1190. The molecule has 0 aromatic heterocycles. The smallest absolute Gasteiger partial charge is 0.326 e. The maximum atomic E-state index is 12.3. The Morgan fingerprint density at radius 2 is 0.885 bits per heavy atom. The number of carbonyl (C=O) groups is 7. The normalized spacial score (nSPS) is 12.0. The van der Waals surface area contributed by atoms with Crippen LogP contribution in [0.4, 0.5) is 0 Å². The van der Waals surface area contributed by atoms with E-state index in [9.17, 15) is 38.7 Å². The average Bonchev–Trinajstić information content (AvgIpc) is 3.22. The predicted octanol–water partition coefficient (Wildman–Crippen LogP) is 3.42. The van der Waals surface area contributed by atoms with Crippen LogP contribution in [-0.2, 0) is 52.5 Å². The zero-order valence-corrected chi connectivity index (χ0v) is 37.2. The Labute approximate surface area is 363 Å². The number of hydrogen-bond acceptors (Lipinski definition) is 12. The van der Waals surface area contributed by atoms with E-state index in [2.05, 4.69) is 26.6 Å². The summed E-state index contributed by atoms with van der Waals surface area (Å²) in [6.45, 7) is 3.67. The number of hydrogen-bond donors (Lipinski definition) is 7. The molecule has 0 aliphatic carbocycles. The molecule has 61 heavy (non-hydrogen) atoms. The molecular formula is C43H79N5O13. The third-order valence-corrected chi connectivity index (χ3v) is 9.77. The van der Waals surface area contributed by atoms with Crippen LogP contribution in [0.25, 0.3) is 0 Å². The number of aliphatic carboxylic acids is 2. The minimum Gasteiger partial charge on any atom is -0.481 e. The monoisotopic (exact) mass is 874 g/mol. The van der Waals surface area contributed by atoms with Crippen molar-refractivity contribution in [3.63, 3.8) is 0 Å². The van der Waals surface area contributed by atoms with E-state index in [0.717, 1.165) is 57.8 Å². The molecule has 7 N–H and O–H groups in total. The van der Waals surface area contributed by atoms with Gasteiger partial charge in [-0.05, 0) is 52.5 Å². The van der Waals surface area contributed by atoms with Crippen molar-refractivity contribution in [1.29, 1.82) is 0 Å². The van der Waals surface area contributed by atoms with Crippen molar-refractivity contribution in [3.05, 3.63) is 0 Å². The molecule has 0 fully saturated rings. The minimum atomic E-state index is -1.18. The van der Waals surface area contributed by atoms with E-state index in [1.807, 2.05) is 0 Å². The summed E-state index contributed by atoms with van der Waals surface area (Å²) in [5.41, 5.74) is 0. The van der Waals surface area contributed by atoms with Gasteiger partial charge in [0.05, 0.1) is 45.7 Å². The molecule has 354 valence electrons. The lowest BCUT2D eigenvalue weighted by Gasteiger charge is -2.14. The number of carboxylic acids is 2. The highest BCUT2D eigenvalue weighted by Crippen LogP contribution is 2.14. The summed E-state index contributed by atoms with van der Waals surface area (Å²) in [6.07, 6.45) is 17.8. The first kappa shape index (κ1) is 57.3. The van der Waals surface area contributed by atoms with Crippen LogP contribution in [0.1, 0.15) is 142 Å². The van der Waals surface area contributed by atoms with Crippen molar-refractivity contribution >= 4 is 41.4 Å². The molecule has 0 radical (unpaired) electrons. The third-order valence-electron chi connectivity index (χ3n) is 9.77. The summed E-state index contributed by atoms with van der Waals surface area (Å²) in [5.74, 6) is -3.01. The molecule has 4 amide bonds. The van der Waals surface area contributed by atoms with E-state index in [-0.39, 0.29) is 127 Å². The van der Waals surface area contributed by atoms with E-state index in [4.69, 9.17) is 24.1 Å². The summed E-state index contributed by atoms with van der Waals surface area (Å²) in [6, 6.07) is -1.29. The Morgan fingerprint density at radius 3 is 1.34 bits per heavy atom. The third kappa shape index (κ3) is 40.1. The fourth-order valence-corrected chi connectivity index (χ4v) is 6.22. The van der Waals surface area contributed by atoms with Crippen LogP contribution in [0.15, 0.2) is 0 Å². The van der Waals surface area contributed by atoms with E-state index >= 15 is 0 Å². The van der Waals surface area contributed by atoms with Gasteiger partial charge in [0, 0.05) is 38.9 Å². The van der Waals surface area contributed by atoms with Gasteiger partial charge >= 0.3 is 11.9 Å². The number of nitrogens with one attached hydrogen (secondary N) is 5. The van der Waals surface area contributed by atoms with Crippen molar-refractivity contribution in [3.8, 4) is 0 Å². The molecule has 0 spiro atoms. The van der Waals surface area contributed by atoms with Crippen LogP contribution in [0, 0.1) is 0 Å². The van der Waals surface area contributed by atoms with Gasteiger partial charge in [-0.2, -0.15) is 0 Å². The number of Topliss-reactive ketones (excluding diaryl/α,β-unsaturated/α-hetero) is 1. The number of likely N-dealkylation sites (N-methyl/N-ethyl adjacent to an activating group) is 1. The van der Waals surface area contributed by atoms with Crippen LogP contribution < -0.4 is 26.6 Å². The van der Waals surface area contributed by atoms with Crippen LogP contribution in [0.5, 0.6) is 0 Å². The SMILES string of the molecule is CN[C@@H](CCCCNC(=O)COCCOCCNC(=O)COCCOCCNC(=O)CC[C@@H](NC(=O)CCCCCCCCCCCCCCCCC(=O)O)C(=O)O)C(C)=O. The maximum Gasteiger partial charge on any atom is 0.326 e. The van der Waals surface area contributed by atoms with Crippen LogP contribution in [0.2, 0.25) is 0 Å². The number of carboxylic acid groups (broad SMARTS) is 2. The van der Waals surface area contributed by atoms with E-state index in [1.165, 1.54) is 44.9 Å². The molecule has 0 saturated carbocycles. The number of amides is 4. The second-order valence-electron chi connectivity index (χ2n) is 15.2. The van der Waals surface area contributed by atoms with Crippen molar-refractivity contribution < 1.29 is 62.7 Å². The number of rotatable bonds is 45. The highest BCUT2D eigenvalue weighted by atomic mass is 16.5. The average molecular weight is 874 g/mol. The summed E-state index contributed by atoms with van der Waals surface area (Å²) >= 11 is 0. The molecule has 0 aliphatic rings. The number of ether oxygens (including phenoxy) is 4. The Hall–Kier alpha value is -3.71. The van der Waals surface area contributed by atoms with Crippen molar-refractivity contribution in [1.82, 2.24) is 26.6 Å². The molecule has 0 aromatic carbocycles. The molecule has 18 heteroatoms. The van der Waals surface area contributed by atoms with Gasteiger partial charge in [0.1, 0.15) is 25.0 Å². The Balaban J connectivity index is 3.65. The fourth-order valence-electron chi connectivity index (χ4n) is 6.22. The standard InChI is InChI=1S/C43H79N5O13/c1-35(49)36(44-2)19-17-18-24-45-40(52)33-60-31-30-59-28-26-47-41(53)34-61-32-29-58-27-25-46-38(50)23-22-37(43(56)57)48-39(51)20-15-13-11-9-7-5-3-4-6-8-10-12-14-16-21-42(54)55/h36-37,44H,3-34H2,1-2H3,(H,45,52)(H,46,50)(H,47,53)(H,48,51)(H,54,55)(H,56,57)/t36-,37+/m0/s1. The van der Waals surface area contributed by atoms with Gasteiger partial charge in [0.25, 0.3) is 0 Å². The summed E-state index contributed by atoms with van der Waals surface area (Å²) < 4.78 is 21.3. The first-order chi connectivity index (χ1) is 29.5. The number of unbranched alkanes of at least 4 members (excludes halogenated alkanes) is 14. The molecule has 0 saturated heterocycles. The van der Waals surface area contributed by atoms with E-state index in [0.29, 0.717) is 13.0 Å². The van der Waals surface area contributed by atoms with Gasteiger partial charge in [-0.1, -0.05) is 77.0 Å². The van der Waals surface area contributed by atoms with Crippen LogP contribution >= 0.6 is 0 Å². The van der Waals surface area contributed by atoms with E-state index in [1.54, 1.807) is 14.0 Å². The molecule has 2 atom stereocenters. The largest absolute Gasteiger partial charge is 0.481 e. The molecular weight excluding hydrogens is 794 g/mol. The Kier molecular flexibility index (Phi) is 39.1. The van der Waals surface area contributed by atoms with Crippen LogP contribution in [-0.4, -0.2) is 143 Å². The van der Waals surface area contributed by atoms with Gasteiger partial charge in [-0.15, -0.1) is 0 Å². The Morgan fingerprint density at radius 1 is 0.443 bits per heavy atom. The van der Waals surface area contributed by atoms with Crippen molar-refractivity contribution in [2.75, 3.05) is 79.5 Å². The van der Waals surface area contributed by atoms with E-state index < -0.39 is 18.0 Å². The van der Waals surface area contributed by atoms with Crippen molar-refractivity contribution in [2.45, 2.75) is 154 Å². The molecule has 0 aliphatic heterocycles. The summed E-state index contributed by atoms with van der Waals surface area (Å²) in [4.78, 5) is 81.8. The molecule has 0 heterocycles. The fraction of sp³-hybridized carbons (Fsp3) is 0.837. The lowest BCUT2D eigenvalue weighted by molar-refractivity contribution is -0.142. The molecule has 18 nitrogen and oxygen atoms in total. The van der Waals surface area contributed by atoms with Gasteiger partial charge < -0.3 is 55.7 Å². The van der Waals surface area contributed by atoms with Gasteiger partial charge in [0.15, 0.2) is 0 Å². The highest BCUT2D eigenvalue weighted by Gasteiger charge is 2.21. The second-order valence-corrected chi connectivity index (χ2v) is 15.2. The minimum absolute atomic E-state index is 0.0258. The first-order valence-electron chi connectivity index (χ1n) is 22.5. The van der Waals surface area contributed by atoms with Gasteiger partial charge in [0.2, 0.25) is 23.6 Å². The topological polar surface area (TPSA) is 257 Å². The number of ketones is 1. The lowest BCUT2D eigenvalue weighted by Crippen LogP contribution is -2.41. The van der Waals surface area contributed by atoms with Crippen LogP contribution in [0.3, 0.4) is 0 Å². The van der Waals surface area contributed by atoms with Crippen molar-refractivity contribution in [2.24, 2.45) is 0 Å². The number of carbonyl (C=O) groups excluding carboxylic acids is 5. The van der Waals surface area contributed by atoms with Gasteiger partial charge in [-0.25, -0.2) is 4.79 Å². The molecule has 0 unspecified atom stereocenters. The molecule has 0 rings (SSSR count). The van der Waals surface area contributed by atoms with Gasteiger partial charge in [-0.3, -0.25) is 28.8 Å².